The Morgan fingerprint density at radius 3 is 2.36 bits per heavy atom. The zero-order valence-electron chi connectivity index (χ0n) is 11.8. The van der Waals surface area contributed by atoms with Crippen molar-refractivity contribution in [2.75, 3.05) is 0 Å². The van der Waals surface area contributed by atoms with Crippen LogP contribution in [0.2, 0.25) is 0 Å². The topological polar surface area (TPSA) is 46.5 Å². The Labute approximate surface area is 133 Å². The number of benzene rings is 2. The molecule has 108 valence electrons. The van der Waals surface area contributed by atoms with Crippen molar-refractivity contribution in [3.05, 3.63) is 81.9 Å². The maximum absolute atomic E-state index is 12.4. The van der Waals surface area contributed by atoms with Crippen LogP contribution in [0.4, 0.5) is 0 Å². The van der Waals surface area contributed by atoms with Crippen molar-refractivity contribution in [2.24, 2.45) is 4.99 Å². The highest BCUT2D eigenvalue weighted by molar-refractivity contribution is 6.49. The Morgan fingerprint density at radius 2 is 1.64 bits per heavy atom. The number of halogens is 1. The van der Waals surface area contributed by atoms with Crippen LogP contribution in [-0.4, -0.2) is 17.4 Å². The number of allylic oxidation sites excluding steroid dienone is 2. The van der Waals surface area contributed by atoms with Gasteiger partial charge in [-0.15, -0.1) is 0 Å². The van der Waals surface area contributed by atoms with Crippen LogP contribution in [0.15, 0.2) is 64.6 Å². The normalized spacial score (nSPS) is 15.5. The second kappa shape index (κ2) is 5.70. The number of rotatable bonds is 1. The lowest BCUT2D eigenvalue weighted by molar-refractivity contribution is 0.0999. The molecule has 0 atom stereocenters. The van der Waals surface area contributed by atoms with E-state index in [4.69, 9.17) is 11.6 Å². The fraction of sp³-hybridized carbons (Fsp3) is 0.0556. The van der Waals surface area contributed by atoms with E-state index < -0.39 is 0 Å². The zero-order chi connectivity index (χ0) is 15.7. The number of hydrogen-bond donors (Lipinski definition) is 0. The molecule has 2 aromatic rings. The first-order valence-electron chi connectivity index (χ1n) is 6.78. The van der Waals surface area contributed by atoms with E-state index in [1.807, 2.05) is 19.1 Å². The van der Waals surface area contributed by atoms with Crippen LogP contribution in [-0.2, 0) is 0 Å². The van der Waals surface area contributed by atoms with Gasteiger partial charge in [-0.3, -0.25) is 9.59 Å². The lowest BCUT2D eigenvalue weighted by Crippen LogP contribution is -2.16. The molecule has 0 spiro atoms. The zero-order valence-corrected chi connectivity index (χ0v) is 12.6. The van der Waals surface area contributed by atoms with E-state index in [0.29, 0.717) is 22.4 Å². The van der Waals surface area contributed by atoms with Gasteiger partial charge in [0.05, 0.1) is 10.7 Å². The molecule has 1 amide bonds. The van der Waals surface area contributed by atoms with Gasteiger partial charge in [-0.05, 0) is 24.6 Å². The molecule has 0 radical (unpaired) electrons. The van der Waals surface area contributed by atoms with Crippen molar-refractivity contribution in [3.8, 4) is 0 Å². The van der Waals surface area contributed by atoms with Crippen LogP contribution in [0.25, 0.3) is 0 Å². The van der Waals surface area contributed by atoms with E-state index in [9.17, 15) is 9.59 Å². The Bertz CT molecular complexity index is 850. The third-order valence-corrected chi connectivity index (χ3v) is 3.81. The number of aliphatic imine (C=N–C) groups is 1. The van der Waals surface area contributed by atoms with Crippen LogP contribution in [0, 0.1) is 6.92 Å². The van der Waals surface area contributed by atoms with Crippen molar-refractivity contribution in [3.63, 3.8) is 0 Å². The molecule has 0 fully saturated rings. The highest BCUT2D eigenvalue weighted by atomic mass is 35.5. The van der Waals surface area contributed by atoms with Gasteiger partial charge < -0.3 is 0 Å². The Morgan fingerprint density at radius 1 is 1.00 bits per heavy atom. The number of hydrogen-bond acceptors (Lipinski definition) is 2. The van der Waals surface area contributed by atoms with Crippen LogP contribution in [0.5, 0.6) is 0 Å². The van der Waals surface area contributed by atoms with Gasteiger partial charge in [-0.2, -0.15) is 0 Å². The Kier molecular flexibility index (Phi) is 3.73. The van der Waals surface area contributed by atoms with Crippen LogP contribution < -0.4 is 0 Å². The molecular formula is C18H12ClNO2. The van der Waals surface area contributed by atoms with E-state index in [2.05, 4.69) is 4.99 Å². The number of aryl methyl sites for hydroxylation is 1. The monoisotopic (exact) mass is 309 g/mol. The third kappa shape index (κ3) is 2.51. The van der Waals surface area contributed by atoms with Gasteiger partial charge in [0.15, 0.2) is 0 Å². The number of carbonyl (C=O) groups is 2. The fourth-order valence-electron chi connectivity index (χ4n) is 2.37. The average Bonchev–Trinajstić information content (AvgIpc) is 2.52. The standard InChI is InChI=1S/C18H12ClNO2/c1-11-6-2-3-7-12(11)18(22)20-16-10-15(19)17(21)14-9-5-4-8-13(14)16/h2-10H,1H3. The number of nitrogens with zero attached hydrogens (tertiary/aromatic N) is 1. The number of carbonyl (C=O) groups excluding carboxylic acids is 2. The van der Waals surface area contributed by atoms with Crippen molar-refractivity contribution >= 4 is 29.0 Å². The molecule has 0 N–H and O–H groups in total. The summed E-state index contributed by atoms with van der Waals surface area (Å²) >= 11 is 5.97. The molecule has 22 heavy (non-hydrogen) atoms. The molecule has 2 aromatic carbocycles. The second-order valence-corrected chi connectivity index (χ2v) is 5.39. The molecule has 1 aliphatic carbocycles. The van der Waals surface area contributed by atoms with Crippen molar-refractivity contribution in [1.82, 2.24) is 0 Å². The van der Waals surface area contributed by atoms with E-state index in [1.54, 1.807) is 36.4 Å². The molecule has 3 rings (SSSR count). The van der Waals surface area contributed by atoms with E-state index in [1.165, 1.54) is 6.08 Å². The molecule has 0 aromatic heterocycles. The molecule has 3 nitrogen and oxygen atoms in total. The van der Waals surface area contributed by atoms with Gasteiger partial charge in [0, 0.05) is 16.7 Å². The number of ketones is 1. The lowest BCUT2D eigenvalue weighted by atomic mass is 9.94. The first-order chi connectivity index (χ1) is 10.6. The summed E-state index contributed by atoms with van der Waals surface area (Å²) < 4.78 is 0. The molecule has 0 bridgehead atoms. The van der Waals surface area contributed by atoms with Gasteiger partial charge in [0.25, 0.3) is 5.91 Å². The summed E-state index contributed by atoms with van der Waals surface area (Å²) in [4.78, 5) is 28.6. The lowest BCUT2D eigenvalue weighted by Gasteiger charge is -2.13. The highest BCUT2D eigenvalue weighted by Crippen LogP contribution is 2.24. The molecule has 0 saturated carbocycles. The summed E-state index contributed by atoms with van der Waals surface area (Å²) in [6, 6.07) is 14.2. The van der Waals surface area contributed by atoms with Gasteiger partial charge in [0.1, 0.15) is 0 Å². The number of amides is 1. The summed E-state index contributed by atoms with van der Waals surface area (Å²) in [7, 11) is 0. The Balaban J connectivity index is 2.10. The van der Waals surface area contributed by atoms with Crippen molar-refractivity contribution in [2.45, 2.75) is 6.92 Å². The summed E-state index contributed by atoms with van der Waals surface area (Å²) in [5.74, 6) is -0.600. The van der Waals surface area contributed by atoms with Crippen LogP contribution in [0.3, 0.4) is 0 Å². The van der Waals surface area contributed by atoms with E-state index in [-0.39, 0.29) is 16.7 Å². The van der Waals surface area contributed by atoms with Gasteiger partial charge in [-0.25, -0.2) is 4.99 Å². The van der Waals surface area contributed by atoms with Crippen LogP contribution in [0.1, 0.15) is 31.8 Å². The second-order valence-electron chi connectivity index (χ2n) is 4.98. The molecule has 0 saturated heterocycles. The molecular weight excluding hydrogens is 298 g/mol. The van der Waals surface area contributed by atoms with E-state index in [0.717, 1.165) is 5.56 Å². The maximum atomic E-state index is 12.4. The molecule has 0 aliphatic heterocycles. The largest absolute Gasteiger partial charge is 0.288 e. The SMILES string of the molecule is Cc1ccccc1C(=O)N=C1C=C(Cl)C(=O)c2ccccc21. The molecule has 4 heteroatoms. The van der Waals surface area contributed by atoms with Gasteiger partial charge in [0.2, 0.25) is 5.78 Å². The van der Waals surface area contributed by atoms with Gasteiger partial charge >= 0.3 is 0 Å². The molecule has 0 heterocycles. The average molecular weight is 310 g/mol. The fourth-order valence-corrected chi connectivity index (χ4v) is 2.58. The highest BCUT2D eigenvalue weighted by Gasteiger charge is 2.23. The Hall–Kier alpha value is -2.52. The number of fused-ring (bicyclic) bond motifs is 1. The summed E-state index contributed by atoms with van der Waals surface area (Å²) in [5.41, 5.74) is 2.89. The van der Waals surface area contributed by atoms with Crippen molar-refractivity contribution < 1.29 is 9.59 Å². The van der Waals surface area contributed by atoms with E-state index >= 15 is 0 Å². The summed E-state index contributed by atoms with van der Waals surface area (Å²) in [6.07, 6.45) is 1.45. The first kappa shape index (κ1) is 14.4. The third-order valence-electron chi connectivity index (χ3n) is 3.53. The smallest absolute Gasteiger partial charge is 0.277 e. The predicted molar refractivity (Wildman–Crippen MR) is 86.8 cm³/mol. The minimum Gasteiger partial charge on any atom is -0.288 e. The minimum absolute atomic E-state index is 0.0648. The molecule has 0 unspecified atom stereocenters. The minimum atomic E-state index is -0.349. The first-order valence-corrected chi connectivity index (χ1v) is 7.15. The quantitative estimate of drug-likeness (QED) is 0.801. The summed E-state index contributed by atoms with van der Waals surface area (Å²) in [5, 5.41) is 0.0648. The van der Waals surface area contributed by atoms with Crippen LogP contribution >= 0.6 is 11.6 Å². The summed E-state index contributed by atoms with van der Waals surface area (Å²) in [6.45, 7) is 1.86. The number of Topliss-reactive ketones (excluding diaryl/α,β-unsaturated/α-hetero) is 1. The molecule has 1 aliphatic rings. The predicted octanol–water partition coefficient (Wildman–Crippen LogP) is 3.94. The maximum Gasteiger partial charge on any atom is 0.277 e. The van der Waals surface area contributed by atoms with Crippen molar-refractivity contribution in [1.29, 1.82) is 0 Å². The van der Waals surface area contributed by atoms with Gasteiger partial charge in [-0.1, -0.05) is 54.1 Å².